The number of hydrogen-bond acceptors (Lipinski definition) is 3. The van der Waals surface area contributed by atoms with E-state index in [-0.39, 0.29) is 11.8 Å². The minimum atomic E-state index is -0.190. The van der Waals surface area contributed by atoms with Crippen LogP contribution in [0.3, 0.4) is 0 Å². The van der Waals surface area contributed by atoms with Crippen molar-refractivity contribution in [2.75, 3.05) is 20.2 Å². The Morgan fingerprint density at radius 2 is 2.10 bits per heavy atom. The summed E-state index contributed by atoms with van der Waals surface area (Å²) in [6.45, 7) is 3.96. The third-order valence-electron chi connectivity index (χ3n) is 3.07. The molecule has 1 aromatic carbocycles. The fourth-order valence-electron chi connectivity index (χ4n) is 2.09. The Hall–Kier alpha value is -1.42. The molecule has 0 aliphatic rings. The quantitative estimate of drug-likeness (QED) is 0.513. The summed E-state index contributed by atoms with van der Waals surface area (Å²) in [7, 11) is 2.02. The van der Waals surface area contributed by atoms with Crippen molar-refractivity contribution in [3.8, 4) is 0 Å². The van der Waals surface area contributed by atoms with Crippen LogP contribution in [0.15, 0.2) is 24.3 Å². The molecule has 4 heteroatoms. The molecule has 0 spiro atoms. The molecule has 0 atom stereocenters. The van der Waals surface area contributed by atoms with Gasteiger partial charge in [-0.15, -0.1) is 0 Å². The van der Waals surface area contributed by atoms with Crippen LogP contribution in [0.2, 0.25) is 0 Å². The number of halogens is 1. The number of carbonyl (C=O) groups is 1. The minimum Gasteiger partial charge on any atom is -0.466 e. The molecule has 0 aromatic heterocycles. The molecule has 20 heavy (non-hydrogen) atoms. The lowest BCUT2D eigenvalue weighted by molar-refractivity contribution is -0.143. The highest BCUT2D eigenvalue weighted by molar-refractivity contribution is 5.69. The second-order valence-corrected chi connectivity index (χ2v) is 4.98. The zero-order valence-electron chi connectivity index (χ0n) is 12.4. The molecule has 1 rings (SSSR count). The van der Waals surface area contributed by atoms with E-state index < -0.39 is 0 Å². The van der Waals surface area contributed by atoms with Crippen molar-refractivity contribution in [3.05, 3.63) is 35.6 Å². The van der Waals surface area contributed by atoms with Gasteiger partial charge in [0.2, 0.25) is 0 Å². The summed E-state index contributed by atoms with van der Waals surface area (Å²) in [5, 5.41) is 0. The van der Waals surface area contributed by atoms with Crippen LogP contribution < -0.4 is 0 Å². The van der Waals surface area contributed by atoms with Crippen molar-refractivity contribution in [3.63, 3.8) is 0 Å². The lowest BCUT2D eigenvalue weighted by Gasteiger charge is -2.16. The number of ether oxygens (including phenoxy) is 1. The van der Waals surface area contributed by atoms with Gasteiger partial charge in [-0.3, -0.25) is 4.79 Å². The highest BCUT2D eigenvalue weighted by Crippen LogP contribution is 2.08. The molecule has 0 fully saturated rings. The molecule has 0 unspecified atom stereocenters. The van der Waals surface area contributed by atoms with Gasteiger partial charge in [-0.2, -0.15) is 0 Å². The molecule has 0 amide bonds. The Balaban J connectivity index is 2.11. The van der Waals surface area contributed by atoms with Crippen molar-refractivity contribution in [1.29, 1.82) is 0 Å². The number of unbranched alkanes of at least 4 members (excludes halogenated alkanes) is 2. The van der Waals surface area contributed by atoms with Gasteiger partial charge in [-0.05, 0) is 51.1 Å². The molecule has 0 heterocycles. The molecule has 0 bridgehead atoms. The lowest BCUT2D eigenvalue weighted by Crippen LogP contribution is -2.19. The molecule has 3 nitrogen and oxygen atoms in total. The van der Waals surface area contributed by atoms with Crippen LogP contribution in [0.4, 0.5) is 4.39 Å². The van der Waals surface area contributed by atoms with Gasteiger partial charge >= 0.3 is 5.97 Å². The molecule has 0 saturated heterocycles. The van der Waals surface area contributed by atoms with E-state index >= 15 is 0 Å². The summed E-state index contributed by atoms with van der Waals surface area (Å²) >= 11 is 0. The summed E-state index contributed by atoms with van der Waals surface area (Å²) in [4.78, 5) is 13.3. The molecule has 0 aliphatic heterocycles. The Labute approximate surface area is 120 Å². The second kappa shape index (κ2) is 9.48. The summed E-state index contributed by atoms with van der Waals surface area (Å²) < 4.78 is 17.9. The monoisotopic (exact) mass is 281 g/mol. The fourth-order valence-corrected chi connectivity index (χ4v) is 2.09. The Morgan fingerprint density at radius 1 is 1.30 bits per heavy atom. The van der Waals surface area contributed by atoms with Crippen molar-refractivity contribution in [1.82, 2.24) is 4.90 Å². The van der Waals surface area contributed by atoms with Crippen molar-refractivity contribution >= 4 is 5.97 Å². The minimum absolute atomic E-state index is 0.111. The molecule has 0 N–H and O–H groups in total. The Bertz CT molecular complexity index is 409. The largest absolute Gasteiger partial charge is 0.466 e. The zero-order chi connectivity index (χ0) is 14.8. The number of carbonyl (C=O) groups excluding carboxylic acids is 1. The maximum Gasteiger partial charge on any atom is 0.305 e. The van der Waals surface area contributed by atoms with Crippen molar-refractivity contribution in [2.45, 2.75) is 39.2 Å². The molecule has 0 saturated carbocycles. The molecular formula is C16H24FNO2. The van der Waals surface area contributed by atoms with E-state index in [2.05, 4.69) is 4.90 Å². The average Bonchev–Trinajstić information content (AvgIpc) is 2.38. The van der Waals surface area contributed by atoms with Gasteiger partial charge in [0.15, 0.2) is 0 Å². The third-order valence-corrected chi connectivity index (χ3v) is 3.07. The van der Waals surface area contributed by atoms with Crippen LogP contribution in [-0.4, -0.2) is 31.1 Å². The highest BCUT2D eigenvalue weighted by Gasteiger charge is 2.03. The van der Waals surface area contributed by atoms with E-state index in [0.717, 1.165) is 37.9 Å². The number of rotatable bonds is 9. The van der Waals surface area contributed by atoms with Gasteiger partial charge < -0.3 is 9.64 Å². The van der Waals surface area contributed by atoms with E-state index in [9.17, 15) is 9.18 Å². The van der Waals surface area contributed by atoms with Gasteiger partial charge in [0.1, 0.15) is 5.82 Å². The summed E-state index contributed by atoms with van der Waals surface area (Å²) in [5.41, 5.74) is 0.985. The molecule has 0 aliphatic carbocycles. The van der Waals surface area contributed by atoms with E-state index in [1.54, 1.807) is 12.1 Å². The highest BCUT2D eigenvalue weighted by atomic mass is 19.1. The number of hydrogen-bond donors (Lipinski definition) is 0. The molecular weight excluding hydrogens is 257 g/mol. The fraction of sp³-hybridized carbons (Fsp3) is 0.562. The summed E-state index contributed by atoms with van der Waals surface area (Å²) in [5.74, 6) is -0.300. The number of esters is 1. The zero-order valence-corrected chi connectivity index (χ0v) is 12.4. The van der Waals surface area contributed by atoms with Crippen LogP contribution in [0.25, 0.3) is 0 Å². The second-order valence-electron chi connectivity index (χ2n) is 4.98. The number of nitrogens with zero attached hydrogens (tertiary/aromatic N) is 1. The first-order valence-corrected chi connectivity index (χ1v) is 7.20. The maximum atomic E-state index is 13.0. The Morgan fingerprint density at radius 3 is 2.80 bits per heavy atom. The molecule has 0 radical (unpaired) electrons. The first kappa shape index (κ1) is 16.6. The van der Waals surface area contributed by atoms with Crippen LogP contribution >= 0.6 is 0 Å². The first-order valence-electron chi connectivity index (χ1n) is 7.20. The Kier molecular flexibility index (Phi) is 7.88. The van der Waals surface area contributed by atoms with Gasteiger partial charge in [0.05, 0.1) is 6.61 Å². The van der Waals surface area contributed by atoms with Crippen LogP contribution in [0.1, 0.15) is 38.2 Å². The maximum absolute atomic E-state index is 13.0. The topological polar surface area (TPSA) is 29.5 Å². The van der Waals surface area contributed by atoms with Crippen LogP contribution in [0.5, 0.6) is 0 Å². The van der Waals surface area contributed by atoms with E-state index in [1.807, 2.05) is 20.0 Å². The van der Waals surface area contributed by atoms with E-state index in [4.69, 9.17) is 4.74 Å². The normalized spacial score (nSPS) is 10.8. The molecule has 112 valence electrons. The SMILES string of the molecule is CCOC(=O)CCCCCN(C)Cc1cccc(F)c1. The predicted molar refractivity (Wildman–Crippen MR) is 77.8 cm³/mol. The number of benzene rings is 1. The van der Waals surface area contributed by atoms with E-state index in [1.165, 1.54) is 6.07 Å². The lowest BCUT2D eigenvalue weighted by atomic mass is 10.1. The summed E-state index contributed by atoms with van der Waals surface area (Å²) in [6.07, 6.45) is 3.41. The van der Waals surface area contributed by atoms with Crippen molar-refractivity contribution in [2.24, 2.45) is 0 Å². The average molecular weight is 281 g/mol. The van der Waals surface area contributed by atoms with Gasteiger partial charge in [0, 0.05) is 13.0 Å². The first-order chi connectivity index (χ1) is 9.61. The van der Waals surface area contributed by atoms with E-state index in [0.29, 0.717) is 13.0 Å². The summed E-state index contributed by atoms with van der Waals surface area (Å²) in [6, 6.07) is 6.69. The van der Waals surface area contributed by atoms with Crippen molar-refractivity contribution < 1.29 is 13.9 Å². The van der Waals surface area contributed by atoms with Crippen LogP contribution in [0, 0.1) is 5.82 Å². The van der Waals surface area contributed by atoms with Gasteiger partial charge in [0.25, 0.3) is 0 Å². The predicted octanol–water partition coefficient (Wildman–Crippen LogP) is 3.38. The van der Waals surface area contributed by atoms with Crippen LogP contribution in [-0.2, 0) is 16.1 Å². The van der Waals surface area contributed by atoms with Gasteiger partial charge in [-0.1, -0.05) is 18.6 Å². The standard InChI is InChI=1S/C16H24FNO2/c1-3-20-16(19)10-5-4-6-11-18(2)13-14-8-7-9-15(17)12-14/h7-9,12H,3-6,10-11,13H2,1-2H3. The molecule has 1 aromatic rings. The van der Waals surface area contributed by atoms with Gasteiger partial charge in [-0.25, -0.2) is 4.39 Å². The third kappa shape index (κ3) is 7.24. The smallest absolute Gasteiger partial charge is 0.305 e.